The van der Waals surface area contributed by atoms with Crippen molar-refractivity contribution in [3.63, 3.8) is 0 Å². The third-order valence-corrected chi connectivity index (χ3v) is 3.09. The first-order valence-electron chi connectivity index (χ1n) is 7.94. The van der Waals surface area contributed by atoms with Crippen LogP contribution in [0.3, 0.4) is 0 Å². The number of aliphatic carboxylic acids is 1. The summed E-state index contributed by atoms with van der Waals surface area (Å²) >= 11 is 0. The molecule has 8 heteroatoms. The molecule has 0 aromatic heterocycles. The molecular formula is C15H27FN4O3. The van der Waals surface area contributed by atoms with Gasteiger partial charge in [-0.25, -0.2) is 5.53 Å². The Morgan fingerprint density at radius 3 is 2.48 bits per heavy atom. The Kier molecular flexibility index (Phi) is 13.6. The molecule has 1 amide bonds. The molecule has 0 radical (unpaired) electrons. The number of amides is 1. The lowest BCUT2D eigenvalue weighted by Crippen LogP contribution is -2.25. The van der Waals surface area contributed by atoms with Crippen LogP contribution in [0.1, 0.15) is 51.4 Å². The monoisotopic (exact) mass is 330 g/mol. The van der Waals surface area contributed by atoms with Crippen molar-refractivity contribution in [3.8, 4) is 0 Å². The third kappa shape index (κ3) is 14.7. The molecule has 0 heterocycles. The molecule has 0 fully saturated rings. The minimum Gasteiger partial charge on any atom is -0.481 e. The maximum absolute atomic E-state index is 12.0. The molecule has 0 atom stereocenters. The number of carbonyl (C=O) groups is 2. The number of alkyl halides is 1. The molecule has 132 valence electrons. The van der Waals surface area contributed by atoms with Crippen LogP contribution in [0.5, 0.6) is 0 Å². The van der Waals surface area contributed by atoms with E-state index in [1.807, 2.05) is 0 Å². The molecule has 0 aromatic carbocycles. The number of unbranched alkanes of at least 4 members (excludes halogenated alkanes) is 2. The molecule has 23 heavy (non-hydrogen) atoms. The minimum atomic E-state index is -0.790. The van der Waals surface area contributed by atoms with E-state index in [4.69, 9.17) is 10.6 Å². The van der Waals surface area contributed by atoms with Gasteiger partial charge in [0.2, 0.25) is 5.91 Å². The lowest BCUT2D eigenvalue weighted by Gasteiger charge is -2.05. The summed E-state index contributed by atoms with van der Waals surface area (Å²) in [5.41, 5.74) is 7.43. The Bertz CT molecular complexity index is 389. The van der Waals surface area contributed by atoms with Gasteiger partial charge in [0.05, 0.1) is 12.4 Å². The first kappa shape index (κ1) is 21.0. The highest BCUT2D eigenvalue weighted by Gasteiger charge is 2.01. The van der Waals surface area contributed by atoms with Gasteiger partial charge in [0.15, 0.2) is 0 Å². The summed E-state index contributed by atoms with van der Waals surface area (Å²) in [7, 11) is 0. The maximum atomic E-state index is 12.0. The van der Waals surface area contributed by atoms with Gasteiger partial charge in [0.1, 0.15) is 0 Å². The zero-order valence-electron chi connectivity index (χ0n) is 13.4. The van der Waals surface area contributed by atoms with Crippen LogP contribution in [0, 0.1) is 5.53 Å². The Morgan fingerprint density at radius 2 is 1.83 bits per heavy atom. The van der Waals surface area contributed by atoms with Crippen molar-refractivity contribution < 1.29 is 19.1 Å². The van der Waals surface area contributed by atoms with Crippen molar-refractivity contribution in [2.24, 2.45) is 5.11 Å². The van der Waals surface area contributed by atoms with Crippen LogP contribution in [0.15, 0.2) is 17.0 Å². The molecule has 0 aromatic rings. The maximum Gasteiger partial charge on any atom is 0.303 e. The molecule has 0 saturated carbocycles. The van der Waals surface area contributed by atoms with Crippen molar-refractivity contribution in [3.05, 3.63) is 11.9 Å². The number of hydrogen-bond donors (Lipinski definition) is 4. The summed E-state index contributed by atoms with van der Waals surface area (Å²) < 4.78 is 12.0. The van der Waals surface area contributed by atoms with Crippen molar-refractivity contribution in [2.45, 2.75) is 51.4 Å². The van der Waals surface area contributed by atoms with Crippen LogP contribution in [0.2, 0.25) is 0 Å². The topological polar surface area (TPSA) is 115 Å². The summed E-state index contributed by atoms with van der Waals surface area (Å²) in [6, 6.07) is 0. The SMILES string of the molecule is N=N/C(=C\NCCCC(=O)NCCCCCC(=O)O)CCCF. The average molecular weight is 330 g/mol. The van der Waals surface area contributed by atoms with Crippen LogP contribution >= 0.6 is 0 Å². The standard InChI is InChI=1S/C15H27FN4O3/c16-9-4-6-13(20-17)12-18-10-5-7-14(21)19-11-3-1-2-8-15(22)23/h12,17-18H,1-11H2,(H,19,21)(H,22,23)/b13-12-,20-17?. The number of allylic oxidation sites excluding steroid dienone is 1. The van der Waals surface area contributed by atoms with E-state index >= 15 is 0 Å². The fraction of sp³-hybridized carbons (Fsp3) is 0.733. The van der Waals surface area contributed by atoms with E-state index in [1.54, 1.807) is 6.20 Å². The van der Waals surface area contributed by atoms with Gasteiger partial charge in [-0.05, 0) is 32.1 Å². The highest BCUT2D eigenvalue weighted by Crippen LogP contribution is 2.05. The lowest BCUT2D eigenvalue weighted by molar-refractivity contribution is -0.137. The first-order chi connectivity index (χ1) is 11.1. The van der Waals surface area contributed by atoms with E-state index < -0.39 is 12.6 Å². The van der Waals surface area contributed by atoms with Crippen LogP contribution < -0.4 is 10.6 Å². The fourth-order valence-corrected chi connectivity index (χ4v) is 1.84. The number of nitrogens with one attached hydrogen (secondary N) is 3. The van der Waals surface area contributed by atoms with Crippen molar-refractivity contribution in [1.29, 1.82) is 5.53 Å². The Labute approximate surface area is 136 Å². The van der Waals surface area contributed by atoms with Crippen LogP contribution in [0.4, 0.5) is 4.39 Å². The van der Waals surface area contributed by atoms with E-state index in [9.17, 15) is 14.0 Å². The number of rotatable bonds is 15. The van der Waals surface area contributed by atoms with Crippen molar-refractivity contribution in [2.75, 3.05) is 19.8 Å². The number of halogens is 1. The fourth-order valence-electron chi connectivity index (χ4n) is 1.84. The summed E-state index contributed by atoms with van der Waals surface area (Å²) in [4.78, 5) is 21.9. The van der Waals surface area contributed by atoms with E-state index in [0.29, 0.717) is 50.9 Å². The molecule has 0 unspecified atom stereocenters. The number of carbonyl (C=O) groups excluding carboxylic acids is 1. The molecule has 0 aliphatic rings. The predicted molar refractivity (Wildman–Crippen MR) is 84.8 cm³/mol. The summed E-state index contributed by atoms with van der Waals surface area (Å²) in [6.45, 7) is 0.723. The molecule has 7 nitrogen and oxygen atoms in total. The summed E-state index contributed by atoms with van der Waals surface area (Å²) in [5.74, 6) is -0.821. The van der Waals surface area contributed by atoms with Gasteiger partial charge in [-0.2, -0.15) is 5.11 Å². The van der Waals surface area contributed by atoms with Crippen LogP contribution in [-0.2, 0) is 9.59 Å². The molecule has 0 saturated heterocycles. The molecule has 0 rings (SSSR count). The van der Waals surface area contributed by atoms with Gasteiger partial charge < -0.3 is 15.7 Å². The van der Waals surface area contributed by atoms with E-state index in [0.717, 1.165) is 12.8 Å². The first-order valence-corrected chi connectivity index (χ1v) is 7.94. The molecule has 4 N–H and O–H groups in total. The third-order valence-electron chi connectivity index (χ3n) is 3.09. The second-order valence-corrected chi connectivity index (χ2v) is 5.15. The number of carboxylic acid groups (broad SMARTS) is 1. The molecule has 0 spiro atoms. The largest absolute Gasteiger partial charge is 0.481 e. The lowest BCUT2D eigenvalue weighted by atomic mass is 10.2. The zero-order valence-corrected chi connectivity index (χ0v) is 13.4. The Balaban J connectivity index is 3.54. The second-order valence-electron chi connectivity index (χ2n) is 5.15. The van der Waals surface area contributed by atoms with Crippen molar-refractivity contribution >= 4 is 11.9 Å². The van der Waals surface area contributed by atoms with E-state index in [-0.39, 0.29) is 12.3 Å². The van der Waals surface area contributed by atoms with E-state index in [2.05, 4.69) is 15.7 Å². The summed E-state index contributed by atoms with van der Waals surface area (Å²) in [5, 5.41) is 17.5. The Hall–Kier alpha value is -1.99. The van der Waals surface area contributed by atoms with Gasteiger partial charge >= 0.3 is 5.97 Å². The Morgan fingerprint density at radius 1 is 1.04 bits per heavy atom. The smallest absolute Gasteiger partial charge is 0.303 e. The molecule has 0 bridgehead atoms. The van der Waals surface area contributed by atoms with E-state index in [1.165, 1.54) is 0 Å². The molecular weight excluding hydrogens is 303 g/mol. The zero-order chi connectivity index (χ0) is 17.3. The second kappa shape index (κ2) is 14.9. The molecule has 0 aliphatic heterocycles. The normalized spacial score (nSPS) is 11.1. The van der Waals surface area contributed by atoms with Crippen LogP contribution in [0.25, 0.3) is 0 Å². The van der Waals surface area contributed by atoms with Crippen LogP contribution in [-0.4, -0.2) is 36.7 Å². The van der Waals surface area contributed by atoms with Gasteiger partial charge in [0.25, 0.3) is 0 Å². The highest BCUT2D eigenvalue weighted by molar-refractivity contribution is 5.75. The number of carboxylic acids is 1. The predicted octanol–water partition coefficient (Wildman–Crippen LogP) is 2.74. The van der Waals surface area contributed by atoms with Gasteiger partial charge in [-0.1, -0.05) is 6.42 Å². The van der Waals surface area contributed by atoms with Gasteiger partial charge in [0, 0.05) is 32.1 Å². The average Bonchev–Trinajstić information content (AvgIpc) is 2.53. The van der Waals surface area contributed by atoms with Gasteiger partial charge in [-0.15, -0.1) is 0 Å². The quantitative estimate of drug-likeness (QED) is 0.273. The number of nitrogens with zero attached hydrogens (tertiary/aromatic N) is 1. The highest BCUT2D eigenvalue weighted by atomic mass is 19.1. The van der Waals surface area contributed by atoms with Crippen molar-refractivity contribution in [1.82, 2.24) is 10.6 Å². The number of hydrogen-bond acceptors (Lipinski definition) is 5. The van der Waals surface area contributed by atoms with Gasteiger partial charge in [-0.3, -0.25) is 14.0 Å². The molecule has 0 aliphatic carbocycles. The summed E-state index contributed by atoms with van der Waals surface area (Å²) in [6.07, 6.45) is 5.78. The minimum absolute atomic E-state index is 0.0307.